The Morgan fingerprint density at radius 1 is 1.24 bits per heavy atom. The third kappa shape index (κ3) is 3.87. The molecule has 0 saturated heterocycles. The van der Waals surface area contributed by atoms with Gasteiger partial charge in [-0.25, -0.2) is 13.1 Å². The van der Waals surface area contributed by atoms with E-state index in [0.29, 0.717) is 11.4 Å². The Balaban J connectivity index is 2.24. The minimum atomic E-state index is -3.51. The lowest BCUT2D eigenvalue weighted by molar-refractivity contribution is 0.144. The van der Waals surface area contributed by atoms with Crippen LogP contribution >= 0.6 is 0 Å². The predicted molar refractivity (Wildman–Crippen MR) is 83.6 cm³/mol. The lowest BCUT2D eigenvalue weighted by Crippen LogP contribution is -2.32. The van der Waals surface area contributed by atoms with Crippen LogP contribution in [0.3, 0.4) is 0 Å². The minimum Gasteiger partial charge on any atom is -0.397 e. The van der Waals surface area contributed by atoms with Gasteiger partial charge in [-0.2, -0.15) is 0 Å². The molecule has 1 aliphatic carbocycles. The highest BCUT2D eigenvalue weighted by molar-refractivity contribution is 7.89. The monoisotopic (exact) mass is 313 g/mol. The van der Waals surface area contributed by atoms with Gasteiger partial charge in [-0.15, -0.1) is 0 Å². The van der Waals surface area contributed by atoms with E-state index in [4.69, 9.17) is 5.73 Å². The fourth-order valence-electron chi connectivity index (χ4n) is 2.60. The summed E-state index contributed by atoms with van der Waals surface area (Å²) in [6.45, 7) is 0. The first kappa shape index (κ1) is 16.1. The average Bonchev–Trinajstić information content (AvgIpc) is 2.66. The van der Waals surface area contributed by atoms with Crippen LogP contribution in [-0.4, -0.2) is 32.7 Å². The number of benzene rings is 1. The molecule has 118 valence electrons. The highest BCUT2D eigenvalue weighted by Crippen LogP contribution is 2.27. The van der Waals surface area contributed by atoms with Gasteiger partial charge in [-0.1, -0.05) is 19.3 Å². The zero-order valence-corrected chi connectivity index (χ0v) is 13.0. The molecule has 0 spiro atoms. The van der Waals surface area contributed by atoms with E-state index < -0.39 is 16.1 Å². The third-order valence-electron chi connectivity index (χ3n) is 3.92. The van der Waals surface area contributed by atoms with Crippen molar-refractivity contribution in [1.29, 1.82) is 0 Å². The molecule has 1 aromatic carbocycles. The van der Waals surface area contributed by atoms with Crippen molar-refractivity contribution in [2.24, 2.45) is 0 Å². The maximum absolute atomic E-state index is 11.8. The quantitative estimate of drug-likeness (QED) is 0.495. The van der Waals surface area contributed by atoms with Crippen molar-refractivity contribution in [3.63, 3.8) is 0 Å². The molecule has 0 aromatic heterocycles. The fourth-order valence-corrected chi connectivity index (χ4v) is 3.36. The normalized spacial score (nSPS) is 23.5. The molecule has 5 N–H and O–H groups in total. The number of sulfonamides is 1. The molecule has 0 aliphatic heterocycles. The first-order chi connectivity index (χ1) is 9.94. The molecular weight excluding hydrogens is 290 g/mol. The SMILES string of the molecule is CNS(=O)(=O)c1ccc(N)c(NC2CCCCCC2O)c1. The zero-order chi connectivity index (χ0) is 15.5. The van der Waals surface area contributed by atoms with Crippen molar-refractivity contribution in [3.8, 4) is 0 Å². The summed E-state index contributed by atoms with van der Waals surface area (Å²) in [7, 11) is -2.14. The molecule has 21 heavy (non-hydrogen) atoms. The number of anilines is 2. The second-order valence-corrected chi connectivity index (χ2v) is 7.30. The number of nitrogen functional groups attached to an aromatic ring is 1. The van der Waals surface area contributed by atoms with E-state index in [1.807, 2.05) is 0 Å². The number of rotatable bonds is 4. The average molecular weight is 313 g/mol. The van der Waals surface area contributed by atoms with Gasteiger partial charge in [-0.05, 0) is 38.1 Å². The van der Waals surface area contributed by atoms with Crippen LogP contribution in [0.15, 0.2) is 23.1 Å². The number of nitrogens with one attached hydrogen (secondary N) is 2. The Kier molecular flexibility index (Phi) is 5.08. The van der Waals surface area contributed by atoms with Gasteiger partial charge < -0.3 is 16.2 Å². The molecule has 1 saturated carbocycles. The van der Waals surface area contributed by atoms with Gasteiger partial charge in [-0.3, -0.25) is 0 Å². The molecule has 2 rings (SSSR count). The largest absolute Gasteiger partial charge is 0.397 e. The molecule has 0 bridgehead atoms. The van der Waals surface area contributed by atoms with E-state index in [9.17, 15) is 13.5 Å². The standard InChI is InChI=1S/C14H23N3O3S/c1-16-21(19,20)10-7-8-11(15)13(9-10)17-12-5-3-2-4-6-14(12)18/h7-9,12,14,16-18H,2-6,15H2,1H3. The first-order valence-corrected chi connectivity index (χ1v) is 8.70. The van der Waals surface area contributed by atoms with E-state index >= 15 is 0 Å². The van der Waals surface area contributed by atoms with Crippen molar-refractivity contribution in [1.82, 2.24) is 4.72 Å². The Hall–Kier alpha value is -1.31. The van der Waals surface area contributed by atoms with Crippen LogP contribution in [0.2, 0.25) is 0 Å². The summed E-state index contributed by atoms with van der Waals surface area (Å²) in [5, 5.41) is 13.4. The Morgan fingerprint density at radius 2 is 1.95 bits per heavy atom. The van der Waals surface area contributed by atoms with E-state index in [0.717, 1.165) is 32.1 Å². The second kappa shape index (κ2) is 6.64. The Labute approximate surface area is 125 Å². The van der Waals surface area contributed by atoms with E-state index in [1.165, 1.54) is 19.2 Å². The Morgan fingerprint density at radius 3 is 2.67 bits per heavy atom. The highest BCUT2D eigenvalue weighted by atomic mass is 32.2. The summed E-state index contributed by atoms with van der Waals surface area (Å²) in [4.78, 5) is 0.157. The molecule has 2 atom stereocenters. The number of aliphatic hydroxyl groups excluding tert-OH is 1. The second-order valence-electron chi connectivity index (χ2n) is 5.41. The van der Waals surface area contributed by atoms with Crippen LogP contribution in [-0.2, 0) is 10.0 Å². The summed E-state index contributed by atoms with van der Waals surface area (Å²) >= 11 is 0. The molecule has 1 aliphatic rings. The van der Waals surface area contributed by atoms with Crippen LogP contribution in [0.5, 0.6) is 0 Å². The van der Waals surface area contributed by atoms with Gasteiger partial charge in [0.1, 0.15) is 0 Å². The lowest BCUT2D eigenvalue weighted by atomic mass is 10.1. The van der Waals surface area contributed by atoms with Crippen LogP contribution in [0.25, 0.3) is 0 Å². The highest BCUT2D eigenvalue weighted by Gasteiger charge is 2.22. The molecule has 1 aromatic rings. The van der Waals surface area contributed by atoms with E-state index in [-0.39, 0.29) is 10.9 Å². The van der Waals surface area contributed by atoms with Crippen LogP contribution in [0.1, 0.15) is 32.1 Å². The van der Waals surface area contributed by atoms with Crippen molar-refractivity contribution >= 4 is 21.4 Å². The lowest BCUT2D eigenvalue weighted by Gasteiger charge is -2.24. The summed E-state index contributed by atoms with van der Waals surface area (Å²) in [6.07, 6.45) is 4.34. The number of hydrogen-bond acceptors (Lipinski definition) is 5. The Bertz CT molecular complexity index is 589. The summed E-state index contributed by atoms with van der Waals surface area (Å²) in [6, 6.07) is 4.45. The number of hydrogen-bond donors (Lipinski definition) is 4. The maximum atomic E-state index is 11.8. The molecule has 1 fully saturated rings. The van der Waals surface area contributed by atoms with Crippen molar-refractivity contribution in [2.45, 2.75) is 49.1 Å². The molecule has 0 amide bonds. The zero-order valence-electron chi connectivity index (χ0n) is 12.2. The number of nitrogens with two attached hydrogens (primary N) is 1. The van der Waals surface area contributed by atoms with Crippen molar-refractivity contribution in [2.75, 3.05) is 18.1 Å². The van der Waals surface area contributed by atoms with Gasteiger partial charge in [0.25, 0.3) is 0 Å². The van der Waals surface area contributed by atoms with Crippen molar-refractivity contribution in [3.05, 3.63) is 18.2 Å². The van der Waals surface area contributed by atoms with Gasteiger partial charge >= 0.3 is 0 Å². The predicted octanol–water partition coefficient (Wildman–Crippen LogP) is 1.28. The summed E-state index contributed by atoms with van der Waals surface area (Å²) < 4.78 is 26.0. The minimum absolute atomic E-state index is 0.0951. The molecule has 0 radical (unpaired) electrons. The molecule has 0 heterocycles. The van der Waals surface area contributed by atoms with Crippen LogP contribution in [0.4, 0.5) is 11.4 Å². The molecule has 2 unspecified atom stereocenters. The fraction of sp³-hybridized carbons (Fsp3) is 0.571. The number of aliphatic hydroxyl groups is 1. The smallest absolute Gasteiger partial charge is 0.240 e. The van der Waals surface area contributed by atoms with Crippen LogP contribution in [0, 0.1) is 0 Å². The van der Waals surface area contributed by atoms with Gasteiger partial charge in [0.15, 0.2) is 0 Å². The summed E-state index contributed by atoms with van der Waals surface area (Å²) in [5.41, 5.74) is 6.94. The van der Waals surface area contributed by atoms with E-state index in [2.05, 4.69) is 10.0 Å². The third-order valence-corrected chi connectivity index (χ3v) is 5.34. The first-order valence-electron chi connectivity index (χ1n) is 7.21. The van der Waals surface area contributed by atoms with Gasteiger partial charge in [0, 0.05) is 0 Å². The van der Waals surface area contributed by atoms with Crippen molar-refractivity contribution < 1.29 is 13.5 Å². The molecule has 7 heteroatoms. The van der Waals surface area contributed by atoms with E-state index in [1.54, 1.807) is 6.07 Å². The molecule has 6 nitrogen and oxygen atoms in total. The van der Waals surface area contributed by atoms with Gasteiger partial charge in [0.05, 0.1) is 28.4 Å². The topological polar surface area (TPSA) is 104 Å². The molecular formula is C14H23N3O3S. The van der Waals surface area contributed by atoms with Crippen LogP contribution < -0.4 is 15.8 Å². The maximum Gasteiger partial charge on any atom is 0.240 e. The van der Waals surface area contributed by atoms with Gasteiger partial charge in [0.2, 0.25) is 10.0 Å². The summed E-state index contributed by atoms with van der Waals surface area (Å²) in [5.74, 6) is 0.